The van der Waals surface area contributed by atoms with E-state index in [1.54, 1.807) is 29.2 Å². The van der Waals surface area contributed by atoms with Crippen molar-refractivity contribution >= 4 is 29.2 Å². The highest BCUT2D eigenvalue weighted by Crippen LogP contribution is 2.25. The molecule has 0 bridgehead atoms. The van der Waals surface area contributed by atoms with E-state index in [0.29, 0.717) is 37.1 Å². The van der Waals surface area contributed by atoms with Gasteiger partial charge in [0.1, 0.15) is 12.1 Å². The third-order valence-electron chi connectivity index (χ3n) is 7.89. The van der Waals surface area contributed by atoms with E-state index in [0.717, 1.165) is 28.7 Å². The van der Waals surface area contributed by atoms with Crippen molar-refractivity contribution in [2.45, 2.75) is 71.0 Å². The summed E-state index contributed by atoms with van der Waals surface area (Å²) in [5, 5.41) is 5.89. The molecule has 0 fully saturated rings. The third kappa shape index (κ3) is 7.91. The van der Waals surface area contributed by atoms with Crippen molar-refractivity contribution in [3.05, 3.63) is 101 Å². The van der Waals surface area contributed by atoms with Gasteiger partial charge in [-0.2, -0.15) is 0 Å². The maximum atomic E-state index is 13.8. The maximum Gasteiger partial charge on any atom is 0.246 e. The second-order valence-corrected chi connectivity index (χ2v) is 10.9. The van der Waals surface area contributed by atoms with Crippen molar-refractivity contribution in [1.82, 2.24) is 10.2 Å². The van der Waals surface area contributed by atoms with Crippen LogP contribution in [0.1, 0.15) is 64.7 Å². The Morgan fingerprint density at radius 3 is 2.31 bits per heavy atom. The average molecular weight is 569 g/mol. The van der Waals surface area contributed by atoms with E-state index in [9.17, 15) is 19.2 Å². The van der Waals surface area contributed by atoms with Gasteiger partial charge in [-0.3, -0.25) is 19.2 Å². The number of aryl methyl sites for hydroxylation is 2. The van der Waals surface area contributed by atoms with Crippen LogP contribution in [0.25, 0.3) is 0 Å². The SMILES string of the molecule is Cc1ccc(NC(=O)[C@H](CCCCN)NC(=O)[C@@H]2Cc3ccccc3CN2C(=O)CCC(=O)c2ccccc2)cc1C. The Morgan fingerprint density at radius 1 is 0.881 bits per heavy atom. The van der Waals surface area contributed by atoms with Crippen molar-refractivity contribution in [3.8, 4) is 0 Å². The number of hydrogen-bond acceptors (Lipinski definition) is 5. The van der Waals surface area contributed by atoms with Crippen molar-refractivity contribution in [3.63, 3.8) is 0 Å². The number of nitrogens with zero attached hydrogens (tertiary/aromatic N) is 1. The smallest absolute Gasteiger partial charge is 0.246 e. The van der Waals surface area contributed by atoms with Crippen LogP contribution in [0.3, 0.4) is 0 Å². The van der Waals surface area contributed by atoms with Crippen molar-refractivity contribution in [2.24, 2.45) is 5.73 Å². The number of Topliss-reactive ketones (excluding diaryl/α,β-unsaturated/α-hetero) is 1. The Balaban J connectivity index is 1.50. The van der Waals surface area contributed by atoms with Gasteiger partial charge in [-0.15, -0.1) is 0 Å². The van der Waals surface area contributed by atoms with Gasteiger partial charge < -0.3 is 21.3 Å². The van der Waals surface area contributed by atoms with Crippen LogP contribution >= 0.6 is 0 Å². The summed E-state index contributed by atoms with van der Waals surface area (Å²) < 4.78 is 0. The van der Waals surface area contributed by atoms with Crippen molar-refractivity contribution < 1.29 is 19.2 Å². The van der Waals surface area contributed by atoms with Gasteiger partial charge in [0.15, 0.2) is 5.78 Å². The molecule has 3 aromatic rings. The van der Waals surface area contributed by atoms with Crippen LogP contribution in [0.15, 0.2) is 72.8 Å². The fraction of sp³-hybridized carbons (Fsp3) is 0.353. The van der Waals surface area contributed by atoms with Crippen molar-refractivity contribution in [1.29, 1.82) is 0 Å². The average Bonchev–Trinajstić information content (AvgIpc) is 3.00. The Morgan fingerprint density at radius 2 is 1.60 bits per heavy atom. The molecular formula is C34H40N4O4. The van der Waals surface area contributed by atoms with Crippen LogP contribution in [0, 0.1) is 13.8 Å². The number of unbranched alkanes of at least 4 members (excludes halogenated alkanes) is 1. The molecule has 1 heterocycles. The first kappa shape index (κ1) is 30.7. The molecule has 0 radical (unpaired) electrons. The highest BCUT2D eigenvalue weighted by molar-refractivity contribution is 6.00. The van der Waals surface area contributed by atoms with E-state index >= 15 is 0 Å². The standard InChI is InChI=1S/C34H40N4O4/c1-23-15-16-28(20-24(23)2)36-33(41)29(14-8-9-19-35)37-34(42)30-21-26-12-6-7-13-27(26)22-38(30)32(40)18-17-31(39)25-10-4-3-5-11-25/h3-7,10-13,15-16,20,29-30H,8-9,14,17-19,21-22,35H2,1-2H3,(H,36,41)(H,37,42)/t29-,30-/m0/s1. The van der Waals surface area contributed by atoms with Gasteiger partial charge in [-0.1, -0.05) is 60.7 Å². The lowest BCUT2D eigenvalue weighted by atomic mass is 9.92. The molecule has 0 unspecified atom stereocenters. The first-order chi connectivity index (χ1) is 20.3. The monoisotopic (exact) mass is 568 g/mol. The molecule has 0 aliphatic carbocycles. The predicted octanol–water partition coefficient (Wildman–Crippen LogP) is 4.47. The number of fused-ring (bicyclic) bond motifs is 1. The largest absolute Gasteiger partial charge is 0.342 e. The Labute approximate surface area is 247 Å². The van der Waals surface area contributed by atoms with Gasteiger partial charge in [0.2, 0.25) is 17.7 Å². The van der Waals surface area contributed by atoms with E-state index in [1.807, 2.05) is 62.4 Å². The summed E-state index contributed by atoms with van der Waals surface area (Å²) in [6, 6.07) is 20.7. The molecule has 8 nitrogen and oxygen atoms in total. The summed E-state index contributed by atoms with van der Waals surface area (Å²) in [5.41, 5.74) is 11.0. The number of ketones is 1. The Hall–Kier alpha value is -4.30. The van der Waals surface area contributed by atoms with Crippen LogP contribution in [0.2, 0.25) is 0 Å². The molecule has 42 heavy (non-hydrogen) atoms. The summed E-state index contributed by atoms with van der Waals surface area (Å²) >= 11 is 0. The molecular weight excluding hydrogens is 528 g/mol. The summed E-state index contributed by atoms with van der Waals surface area (Å²) in [4.78, 5) is 54.9. The molecule has 1 aliphatic heterocycles. The molecule has 0 aromatic heterocycles. The number of hydrogen-bond donors (Lipinski definition) is 3. The zero-order valence-electron chi connectivity index (χ0n) is 24.4. The number of nitrogens with two attached hydrogens (primary N) is 1. The van der Waals surface area contributed by atoms with E-state index < -0.39 is 12.1 Å². The summed E-state index contributed by atoms with van der Waals surface area (Å²) in [6.45, 7) is 4.73. The molecule has 4 rings (SSSR count). The van der Waals surface area contributed by atoms with Gasteiger partial charge in [-0.25, -0.2) is 0 Å². The van der Waals surface area contributed by atoms with Gasteiger partial charge in [0.25, 0.3) is 0 Å². The minimum Gasteiger partial charge on any atom is -0.342 e. The minimum atomic E-state index is -0.800. The lowest BCUT2D eigenvalue weighted by molar-refractivity contribution is -0.142. The molecule has 0 saturated heterocycles. The zero-order valence-corrected chi connectivity index (χ0v) is 24.4. The first-order valence-electron chi connectivity index (χ1n) is 14.6. The molecule has 220 valence electrons. The van der Waals surface area contributed by atoms with Crippen LogP contribution in [-0.4, -0.2) is 47.0 Å². The Kier molecular flexibility index (Phi) is 10.6. The normalized spacial score (nSPS) is 14.9. The topological polar surface area (TPSA) is 122 Å². The van der Waals surface area contributed by atoms with Gasteiger partial charge in [0, 0.05) is 37.1 Å². The van der Waals surface area contributed by atoms with E-state index in [2.05, 4.69) is 10.6 Å². The molecule has 0 spiro atoms. The number of amides is 3. The third-order valence-corrected chi connectivity index (χ3v) is 7.89. The molecule has 3 amide bonds. The molecule has 0 saturated carbocycles. The van der Waals surface area contributed by atoms with E-state index in [1.165, 1.54) is 0 Å². The number of carbonyl (C=O) groups is 4. The number of carbonyl (C=O) groups excluding carboxylic acids is 4. The van der Waals surface area contributed by atoms with Crippen molar-refractivity contribution in [2.75, 3.05) is 11.9 Å². The van der Waals surface area contributed by atoms with Crippen LogP contribution in [-0.2, 0) is 27.3 Å². The molecule has 8 heteroatoms. The van der Waals surface area contributed by atoms with Gasteiger partial charge in [-0.05, 0) is 74.0 Å². The first-order valence-corrected chi connectivity index (χ1v) is 14.6. The van der Waals surface area contributed by atoms with Gasteiger partial charge in [0.05, 0.1) is 0 Å². The second kappa shape index (κ2) is 14.5. The zero-order chi connectivity index (χ0) is 30.1. The number of benzene rings is 3. The van der Waals surface area contributed by atoms with Crippen LogP contribution in [0.5, 0.6) is 0 Å². The maximum absolute atomic E-state index is 13.8. The minimum absolute atomic E-state index is 0.00708. The highest BCUT2D eigenvalue weighted by Gasteiger charge is 2.36. The lowest BCUT2D eigenvalue weighted by Crippen LogP contribution is -2.56. The summed E-state index contributed by atoms with van der Waals surface area (Å²) in [5.74, 6) is -1.09. The quantitative estimate of drug-likeness (QED) is 0.220. The number of nitrogens with one attached hydrogen (secondary N) is 2. The molecule has 2 atom stereocenters. The number of rotatable bonds is 12. The summed E-state index contributed by atoms with van der Waals surface area (Å²) in [7, 11) is 0. The lowest BCUT2D eigenvalue weighted by Gasteiger charge is -2.37. The second-order valence-electron chi connectivity index (χ2n) is 10.9. The Bertz CT molecular complexity index is 1420. The fourth-order valence-electron chi connectivity index (χ4n) is 5.23. The molecule has 4 N–H and O–H groups in total. The highest BCUT2D eigenvalue weighted by atomic mass is 16.2. The van der Waals surface area contributed by atoms with Crippen LogP contribution < -0.4 is 16.4 Å². The molecule has 1 aliphatic rings. The predicted molar refractivity (Wildman–Crippen MR) is 164 cm³/mol. The number of anilines is 1. The van der Waals surface area contributed by atoms with Gasteiger partial charge >= 0.3 is 0 Å². The van der Waals surface area contributed by atoms with E-state index in [4.69, 9.17) is 5.73 Å². The fourth-order valence-corrected chi connectivity index (χ4v) is 5.23. The summed E-state index contributed by atoms with van der Waals surface area (Å²) in [6.07, 6.45) is 2.18. The van der Waals surface area contributed by atoms with E-state index in [-0.39, 0.29) is 42.9 Å². The molecule has 3 aromatic carbocycles. The van der Waals surface area contributed by atoms with Crippen LogP contribution in [0.4, 0.5) is 5.69 Å².